The van der Waals surface area contributed by atoms with Gasteiger partial charge in [0.15, 0.2) is 0 Å². The van der Waals surface area contributed by atoms with Crippen molar-refractivity contribution in [2.45, 2.75) is 65.2 Å². The van der Waals surface area contributed by atoms with Crippen molar-refractivity contribution >= 4 is 0 Å². The number of hydrogen-bond acceptors (Lipinski definition) is 2. The minimum Gasteiger partial charge on any atom is -0.355 e. The number of rotatable bonds is 12. The minimum absolute atomic E-state index is 0.481. The lowest BCUT2D eigenvalue weighted by Gasteiger charge is -2.05. The summed E-state index contributed by atoms with van der Waals surface area (Å²) in [6.07, 6.45) is 10.2. The molecule has 0 amide bonds. The third-order valence-corrected chi connectivity index (χ3v) is 2.45. The average Bonchev–Trinajstić information content (AvgIpc) is 2.26. The van der Waals surface area contributed by atoms with Crippen LogP contribution in [-0.2, 0) is 9.47 Å². The van der Waals surface area contributed by atoms with Crippen LogP contribution >= 0.6 is 0 Å². The fourth-order valence-corrected chi connectivity index (χ4v) is 1.41. The normalized spacial score (nSPS) is 10.8. The molecule has 0 aliphatic rings. The second-order valence-corrected chi connectivity index (χ2v) is 4.06. The molecule has 0 spiro atoms. The molecule has 0 N–H and O–H groups in total. The van der Waals surface area contributed by atoms with Crippen LogP contribution in [0.5, 0.6) is 0 Å². The first kappa shape index (κ1) is 14.9. The summed E-state index contributed by atoms with van der Waals surface area (Å²) in [6.45, 7) is 6.59. The van der Waals surface area contributed by atoms with Crippen molar-refractivity contribution in [2.24, 2.45) is 0 Å². The summed E-state index contributed by atoms with van der Waals surface area (Å²) in [7, 11) is 0. The van der Waals surface area contributed by atoms with Crippen LogP contribution in [-0.4, -0.2) is 20.0 Å². The van der Waals surface area contributed by atoms with E-state index in [-0.39, 0.29) is 0 Å². The molecular weight excluding hydrogens is 188 g/mol. The molecule has 0 aliphatic heterocycles. The van der Waals surface area contributed by atoms with E-state index >= 15 is 0 Å². The standard InChI is InChI=1S/C13H28O2/c1-3-5-7-8-9-10-12-15-13-14-11-6-4-2/h3-13H2,1-2H3. The van der Waals surface area contributed by atoms with Gasteiger partial charge in [0.25, 0.3) is 0 Å². The van der Waals surface area contributed by atoms with Crippen molar-refractivity contribution in [3.8, 4) is 0 Å². The SMILES string of the molecule is CCCCCCCCOCOCCCC. The lowest BCUT2D eigenvalue weighted by atomic mass is 10.1. The van der Waals surface area contributed by atoms with E-state index in [0.29, 0.717) is 6.79 Å². The summed E-state index contributed by atoms with van der Waals surface area (Å²) < 4.78 is 10.7. The molecule has 0 atom stereocenters. The molecule has 2 heteroatoms. The maximum Gasteiger partial charge on any atom is 0.146 e. The highest BCUT2D eigenvalue weighted by Crippen LogP contribution is 2.04. The Balaban J connectivity index is 2.81. The first-order valence-corrected chi connectivity index (χ1v) is 6.57. The Hall–Kier alpha value is -0.0800. The molecule has 0 aromatic carbocycles. The molecule has 0 aromatic rings. The Morgan fingerprint density at radius 3 is 1.80 bits per heavy atom. The van der Waals surface area contributed by atoms with Crippen LogP contribution in [0.15, 0.2) is 0 Å². The van der Waals surface area contributed by atoms with Gasteiger partial charge in [0.2, 0.25) is 0 Å². The van der Waals surface area contributed by atoms with E-state index in [1.807, 2.05) is 0 Å². The lowest BCUT2D eigenvalue weighted by Crippen LogP contribution is -2.02. The highest BCUT2D eigenvalue weighted by Gasteiger charge is 1.91. The molecule has 0 rings (SSSR count). The van der Waals surface area contributed by atoms with Gasteiger partial charge in [0.1, 0.15) is 6.79 Å². The summed E-state index contributed by atoms with van der Waals surface area (Å²) >= 11 is 0. The predicted molar refractivity (Wildman–Crippen MR) is 65.1 cm³/mol. The average molecular weight is 216 g/mol. The van der Waals surface area contributed by atoms with Crippen molar-refractivity contribution in [1.82, 2.24) is 0 Å². The monoisotopic (exact) mass is 216 g/mol. The van der Waals surface area contributed by atoms with Gasteiger partial charge in [0.05, 0.1) is 0 Å². The molecule has 0 fully saturated rings. The van der Waals surface area contributed by atoms with E-state index in [9.17, 15) is 0 Å². The van der Waals surface area contributed by atoms with Gasteiger partial charge in [-0.15, -0.1) is 0 Å². The Kier molecular flexibility index (Phi) is 13.8. The smallest absolute Gasteiger partial charge is 0.146 e. The summed E-state index contributed by atoms with van der Waals surface area (Å²) in [5.41, 5.74) is 0. The third kappa shape index (κ3) is 13.9. The first-order valence-electron chi connectivity index (χ1n) is 6.57. The summed E-state index contributed by atoms with van der Waals surface area (Å²) in [4.78, 5) is 0. The minimum atomic E-state index is 0.481. The van der Waals surface area contributed by atoms with Crippen LogP contribution in [0.3, 0.4) is 0 Å². The molecule has 0 aromatic heterocycles. The third-order valence-electron chi connectivity index (χ3n) is 2.45. The van der Waals surface area contributed by atoms with Gasteiger partial charge < -0.3 is 9.47 Å². The zero-order valence-electron chi connectivity index (χ0n) is 10.6. The molecule has 0 aliphatic carbocycles. The van der Waals surface area contributed by atoms with E-state index in [4.69, 9.17) is 9.47 Å². The summed E-state index contributed by atoms with van der Waals surface area (Å²) in [5.74, 6) is 0. The van der Waals surface area contributed by atoms with Gasteiger partial charge in [-0.3, -0.25) is 0 Å². The zero-order chi connectivity index (χ0) is 11.2. The number of hydrogen-bond donors (Lipinski definition) is 0. The van der Waals surface area contributed by atoms with Crippen LogP contribution in [0.2, 0.25) is 0 Å². The molecule has 0 radical (unpaired) electrons. The maximum absolute atomic E-state index is 5.36. The molecular formula is C13H28O2. The van der Waals surface area contributed by atoms with Crippen molar-refractivity contribution in [3.63, 3.8) is 0 Å². The fourth-order valence-electron chi connectivity index (χ4n) is 1.41. The van der Waals surface area contributed by atoms with Crippen molar-refractivity contribution in [1.29, 1.82) is 0 Å². The van der Waals surface area contributed by atoms with Crippen molar-refractivity contribution in [3.05, 3.63) is 0 Å². The molecule has 0 bridgehead atoms. The Labute approximate surface area is 95.3 Å². The molecule has 92 valence electrons. The predicted octanol–water partition coefficient (Wildman–Crippen LogP) is 4.14. The van der Waals surface area contributed by atoms with Crippen LogP contribution in [0.1, 0.15) is 65.2 Å². The second kappa shape index (κ2) is 13.9. The molecule has 0 heterocycles. The summed E-state index contributed by atoms with van der Waals surface area (Å²) in [6, 6.07) is 0. The highest BCUT2D eigenvalue weighted by atomic mass is 16.7. The van der Waals surface area contributed by atoms with Gasteiger partial charge in [-0.1, -0.05) is 52.4 Å². The fraction of sp³-hybridized carbons (Fsp3) is 1.00. The Morgan fingerprint density at radius 1 is 0.600 bits per heavy atom. The topological polar surface area (TPSA) is 18.5 Å². The first-order chi connectivity index (χ1) is 7.41. The van der Waals surface area contributed by atoms with Gasteiger partial charge in [-0.05, 0) is 12.8 Å². The van der Waals surface area contributed by atoms with Gasteiger partial charge >= 0.3 is 0 Å². The zero-order valence-corrected chi connectivity index (χ0v) is 10.6. The van der Waals surface area contributed by atoms with E-state index in [1.165, 1.54) is 44.9 Å². The second-order valence-electron chi connectivity index (χ2n) is 4.06. The molecule has 0 saturated heterocycles. The van der Waals surface area contributed by atoms with E-state index in [2.05, 4.69) is 13.8 Å². The van der Waals surface area contributed by atoms with Crippen molar-refractivity contribution in [2.75, 3.05) is 20.0 Å². The summed E-state index contributed by atoms with van der Waals surface area (Å²) in [5, 5.41) is 0. The van der Waals surface area contributed by atoms with E-state index in [0.717, 1.165) is 19.6 Å². The maximum atomic E-state index is 5.36. The van der Waals surface area contributed by atoms with Crippen LogP contribution in [0, 0.1) is 0 Å². The van der Waals surface area contributed by atoms with Crippen LogP contribution < -0.4 is 0 Å². The lowest BCUT2D eigenvalue weighted by molar-refractivity contribution is -0.0553. The van der Waals surface area contributed by atoms with Crippen LogP contribution in [0.4, 0.5) is 0 Å². The van der Waals surface area contributed by atoms with Crippen molar-refractivity contribution < 1.29 is 9.47 Å². The van der Waals surface area contributed by atoms with E-state index in [1.54, 1.807) is 0 Å². The van der Waals surface area contributed by atoms with Gasteiger partial charge in [-0.2, -0.15) is 0 Å². The Morgan fingerprint density at radius 2 is 1.13 bits per heavy atom. The van der Waals surface area contributed by atoms with E-state index < -0.39 is 0 Å². The quantitative estimate of drug-likeness (QED) is 0.360. The van der Waals surface area contributed by atoms with Gasteiger partial charge in [-0.25, -0.2) is 0 Å². The molecule has 0 unspecified atom stereocenters. The largest absolute Gasteiger partial charge is 0.355 e. The van der Waals surface area contributed by atoms with Gasteiger partial charge in [0, 0.05) is 13.2 Å². The number of unbranched alkanes of at least 4 members (excludes halogenated alkanes) is 6. The number of ether oxygens (including phenoxy) is 2. The molecule has 0 saturated carbocycles. The molecule has 2 nitrogen and oxygen atoms in total. The molecule has 15 heavy (non-hydrogen) atoms. The van der Waals surface area contributed by atoms with Crippen LogP contribution in [0.25, 0.3) is 0 Å². The Bertz CT molecular complexity index is 92.7. The highest BCUT2D eigenvalue weighted by molar-refractivity contribution is 4.42.